The van der Waals surface area contributed by atoms with Crippen molar-refractivity contribution in [1.82, 2.24) is 10.4 Å². The lowest BCUT2D eigenvalue weighted by Gasteiger charge is -2.19. The van der Waals surface area contributed by atoms with E-state index in [2.05, 4.69) is 5.43 Å². The highest BCUT2D eigenvalue weighted by Gasteiger charge is 2.31. The first-order valence-electron chi connectivity index (χ1n) is 4.44. The van der Waals surface area contributed by atoms with Crippen LogP contribution in [0.2, 0.25) is 0 Å². The molecule has 0 radical (unpaired) electrons. The highest BCUT2D eigenvalue weighted by molar-refractivity contribution is 5.75. The molecule has 0 aromatic carbocycles. The van der Waals surface area contributed by atoms with Crippen LogP contribution in [-0.4, -0.2) is 35.9 Å². The van der Waals surface area contributed by atoms with Gasteiger partial charge < -0.3 is 9.47 Å². The third-order valence-electron chi connectivity index (χ3n) is 1.64. The molecule has 0 unspecified atom stereocenters. The van der Waals surface area contributed by atoms with E-state index in [-0.39, 0.29) is 18.8 Å². The summed E-state index contributed by atoms with van der Waals surface area (Å²) in [7, 11) is 0. The van der Waals surface area contributed by atoms with E-state index in [4.69, 9.17) is 9.47 Å². The van der Waals surface area contributed by atoms with Crippen LogP contribution in [0.15, 0.2) is 0 Å². The zero-order valence-electron chi connectivity index (χ0n) is 8.44. The normalized spacial score (nSPS) is 21.0. The van der Waals surface area contributed by atoms with Crippen LogP contribution in [-0.2, 0) is 9.47 Å². The van der Waals surface area contributed by atoms with Crippen molar-refractivity contribution in [3.63, 3.8) is 0 Å². The van der Waals surface area contributed by atoms with Crippen molar-refractivity contribution in [3.05, 3.63) is 0 Å². The number of hydrazine groups is 1. The van der Waals surface area contributed by atoms with Crippen molar-refractivity contribution in [2.45, 2.75) is 32.9 Å². The Morgan fingerprint density at radius 3 is 2.79 bits per heavy atom. The Balaban J connectivity index is 2.43. The van der Waals surface area contributed by atoms with Gasteiger partial charge in [-0.2, -0.15) is 0 Å². The molecule has 14 heavy (non-hydrogen) atoms. The van der Waals surface area contributed by atoms with E-state index in [9.17, 15) is 9.59 Å². The molecule has 6 nitrogen and oxygen atoms in total. The van der Waals surface area contributed by atoms with Gasteiger partial charge in [-0.3, -0.25) is 0 Å². The van der Waals surface area contributed by atoms with Gasteiger partial charge in [0, 0.05) is 0 Å². The maximum atomic E-state index is 11.1. The second-order valence-electron chi connectivity index (χ2n) is 3.36. The minimum Gasteiger partial charge on any atom is -0.446 e. The minimum atomic E-state index is -0.647. The van der Waals surface area contributed by atoms with E-state index < -0.39 is 12.2 Å². The van der Waals surface area contributed by atoms with Crippen molar-refractivity contribution < 1.29 is 19.1 Å². The Hall–Kier alpha value is -1.46. The number of rotatable bonds is 2. The van der Waals surface area contributed by atoms with E-state index in [0.29, 0.717) is 0 Å². The number of carbonyl (C=O) groups excluding carboxylic acids is 2. The average molecular weight is 202 g/mol. The molecule has 1 rings (SSSR count). The first kappa shape index (κ1) is 10.6. The molecule has 2 amide bonds. The van der Waals surface area contributed by atoms with Crippen molar-refractivity contribution in [1.29, 1.82) is 0 Å². The lowest BCUT2D eigenvalue weighted by atomic mass is 10.4. The number of hydrogen-bond acceptors (Lipinski definition) is 4. The van der Waals surface area contributed by atoms with Gasteiger partial charge in [0.1, 0.15) is 6.61 Å². The van der Waals surface area contributed by atoms with E-state index >= 15 is 0 Å². The molecule has 1 atom stereocenters. The molecule has 1 fully saturated rings. The summed E-state index contributed by atoms with van der Waals surface area (Å²) in [6, 6.07) is -0.165. The molecular weight excluding hydrogens is 188 g/mol. The van der Waals surface area contributed by atoms with Gasteiger partial charge >= 0.3 is 12.2 Å². The van der Waals surface area contributed by atoms with Gasteiger partial charge in [-0.25, -0.2) is 20.0 Å². The smallest absolute Gasteiger partial charge is 0.429 e. The third kappa shape index (κ3) is 2.51. The summed E-state index contributed by atoms with van der Waals surface area (Å²) < 4.78 is 9.51. The van der Waals surface area contributed by atoms with Gasteiger partial charge in [0.25, 0.3) is 0 Å². The molecule has 6 heteroatoms. The van der Waals surface area contributed by atoms with Gasteiger partial charge in [0.05, 0.1) is 12.1 Å². The molecule has 1 aliphatic rings. The quantitative estimate of drug-likeness (QED) is 0.721. The van der Waals surface area contributed by atoms with Gasteiger partial charge in [-0.15, -0.1) is 0 Å². The van der Waals surface area contributed by atoms with Crippen LogP contribution in [0.4, 0.5) is 9.59 Å². The second kappa shape index (κ2) is 4.17. The SMILES string of the molecule is CC(C)OC(=O)NN1C(=O)OC[C@H]1C. The van der Waals surface area contributed by atoms with E-state index in [1.54, 1.807) is 20.8 Å². The lowest BCUT2D eigenvalue weighted by Crippen LogP contribution is -2.47. The average Bonchev–Trinajstić information content (AvgIpc) is 2.34. The van der Waals surface area contributed by atoms with Crippen LogP contribution < -0.4 is 5.43 Å². The van der Waals surface area contributed by atoms with Crippen LogP contribution in [0, 0.1) is 0 Å². The Bertz CT molecular complexity index is 241. The van der Waals surface area contributed by atoms with Crippen LogP contribution in [0.5, 0.6) is 0 Å². The highest BCUT2D eigenvalue weighted by atomic mass is 16.6. The first-order chi connectivity index (χ1) is 6.50. The Morgan fingerprint density at radius 2 is 2.36 bits per heavy atom. The molecule has 0 aliphatic carbocycles. The number of nitrogens with one attached hydrogen (secondary N) is 1. The monoisotopic (exact) mass is 202 g/mol. The molecule has 1 saturated heterocycles. The van der Waals surface area contributed by atoms with Crippen LogP contribution in [0.3, 0.4) is 0 Å². The third-order valence-corrected chi connectivity index (χ3v) is 1.64. The number of carbonyl (C=O) groups is 2. The summed E-state index contributed by atoms with van der Waals surface area (Å²) in [6.07, 6.45) is -1.42. The fraction of sp³-hybridized carbons (Fsp3) is 0.750. The van der Waals surface area contributed by atoms with Gasteiger partial charge in [0.15, 0.2) is 0 Å². The maximum Gasteiger partial charge on any atom is 0.429 e. The predicted molar refractivity (Wildman–Crippen MR) is 47.4 cm³/mol. The summed E-state index contributed by atoms with van der Waals surface area (Å²) in [4.78, 5) is 22.2. The molecule has 1 N–H and O–H groups in total. The van der Waals surface area contributed by atoms with Crippen LogP contribution in [0.1, 0.15) is 20.8 Å². The standard InChI is InChI=1S/C8H14N2O4/c1-5(2)14-7(11)9-10-6(3)4-13-8(10)12/h5-6H,4H2,1-3H3,(H,9,11)/t6-/m1/s1. The molecule has 80 valence electrons. The van der Waals surface area contributed by atoms with Crippen molar-refractivity contribution >= 4 is 12.2 Å². The molecule has 0 bridgehead atoms. The molecule has 0 saturated carbocycles. The van der Waals surface area contributed by atoms with E-state index in [1.807, 2.05) is 0 Å². The maximum absolute atomic E-state index is 11.1. The van der Waals surface area contributed by atoms with E-state index in [0.717, 1.165) is 5.01 Å². The molecule has 1 heterocycles. The molecule has 0 aromatic rings. The Kier molecular flexibility index (Phi) is 3.16. The van der Waals surface area contributed by atoms with Crippen molar-refractivity contribution in [2.24, 2.45) is 0 Å². The predicted octanol–water partition coefficient (Wildman–Crippen LogP) is 0.877. The fourth-order valence-corrected chi connectivity index (χ4v) is 1.01. The molecule has 0 aromatic heterocycles. The zero-order chi connectivity index (χ0) is 10.7. The number of cyclic esters (lactones) is 1. The summed E-state index contributed by atoms with van der Waals surface area (Å²) in [5.41, 5.74) is 2.31. The number of amides is 2. The lowest BCUT2D eigenvalue weighted by molar-refractivity contribution is 0.0849. The number of nitrogens with zero attached hydrogens (tertiary/aromatic N) is 1. The van der Waals surface area contributed by atoms with Crippen LogP contribution >= 0.6 is 0 Å². The summed E-state index contributed by atoms with van der Waals surface area (Å²) >= 11 is 0. The van der Waals surface area contributed by atoms with Gasteiger partial charge in [0.2, 0.25) is 0 Å². The largest absolute Gasteiger partial charge is 0.446 e. The van der Waals surface area contributed by atoms with Crippen LogP contribution in [0.25, 0.3) is 0 Å². The summed E-state index contributed by atoms with van der Waals surface area (Å²) in [6.45, 7) is 5.50. The topological polar surface area (TPSA) is 67.9 Å². The van der Waals surface area contributed by atoms with Crippen molar-refractivity contribution in [3.8, 4) is 0 Å². The first-order valence-corrected chi connectivity index (χ1v) is 4.44. The zero-order valence-corrected chi connectivity index (χ0v) is 8.44. The summed E-state index contributed by atoms with van der Waals surface area (Å²) in [5, 5.41) is 1.12. The van der Waals surface area contributed by atoms with E-state index in [1.165, 1.54) is 0 Å². The molecule has 0 spiro atoms. The fourth-order valence-electron chi connectivity index (χ4n) is 1.01. The Morgan fingerprint density at radius 1 is 1.71 bits per heavy atom. The van der Waals surface area contributed by atoms with Gasteiger partial charge in [-0.05, 0) is 20.8 Å². The highest BCUT2D eigenvalue weighted by Crippen LogP contribution is 2.08. The molecular formula is C8H14N2O4. The minimum absolute atomic E-state index is 0.165. The van der Waals surface area contributed by atoms with Gasteiger partial charge in [-0.1, -0.05) is 0 Å². The number of hydrogen-bond donors (Lipinski definition) is 1. The Labute approximate surface area is 82.1 Å². The number of ether oxygens (including phenoxy) is 2. The molecule has 1 aliphatic heterocycles. The van der Waals surface area contributed by atoms with Crippen molar-refractivity contribution in [2.75, 3.05) is 6.61 Å². The second-order valence-corrected chi connectivity index (χ2v) is 3.36. The summed E-state index contributed by atoms with van der Waals surface area (Å²) in [5.74, 6) is 0.